The van der Waals surface area contributed by atoms with Gasteiger partial charge in [0.05, 0.1) is 12.8 Å². The van der Waals surface area contributed by atoms with Crippen LogP contribution in [0.5, 0.6) is 0 Å². The summed E-state index contributed by atoms with van der Waals surface area (Å²) in [6.07, 6.45) is 1.10. The number of hydrogen-bond donors (Lipinski definition) is 1. The maximum atomic E-state index is 13.1. The van der Waals surface area contributed by atoms with Crippen molar-refractivity contribution in [1.82, 2.24) is 5.43 Å². The van der Waals surface area contributed by atoms with Crippen molar-refractivity contribution in [3.63, 3.8) is 0 Å². The molecule has 0 aromatic heterocycles. The Labute approximate surface area is 97.3 Å². The summed E-state index contributed by atoms with van der Waals surface area (Å²) in [5, 5.41) is 3.44. The first-order valence-electron chi connectivity index (χ1n) is 4.89. The highest BCUT2D eigenvalue weighted by molar-refractivity contribution is 6.32. The molecule has 0 heterocycles. The van der Waals surface area contributed by atoms with Crippen LogP contribution in [0.4, 0.5) is 4.39 Å². The number of nitrogens with one attached hydrogen (secondary N) is 1. The van der Waals surface area contributed by atoms with E-state index in [4.69, 9.17) is 0 Å². The van der Waals surface area contributed by atoms with Crippen LogP contribution >= 0.6 is 0 Å². The third kappa shape index (κ3) is 4.02. The van der Waals surface area contributed by atoms with Crippen molar-refractivity contribution in [3.8, 4) is 0 Å². The number of halogens is 1. The van der Waals surface area contributed by atoms with Gasteiger partial charge in [0.1, 0.15) is 5.82 Å². The molecule has 90 valence electrons. The standard InChI is InChI=1S/C11H11FN2O3/c1-2-17-11(16)10(15)14-13-7-8-5-3-4-6-9(8)12/h3-7H,2H2,1H3,(H,14,15). The molecule has 0 fully saturated rings. The van der Waals surface area contributed by atoms with Crippen LogP contribution in [0.15, 0.2) is 29.4 Å². The molecular weight excluding hydrogens is 227 g/mol. The Balaban J connectivity index is 2.54. The molecular formula is C11H11FN2O3. The zero-order valence-corrected chi connectivity index (χ0v) is 9.14. The number of hydrazone groups is 1. The van der Waals surface area contributed by atoms with Crippen molar-refractivity contribution in [2.75, 3.05) is 6.61 Å². The first-order valence-corrected chi connectivity index (χ1v) is 4.89. The quantitative estimate of drug-likeness (QED) is 0.367. The summed E-state index contributed by atoms with van der Waals surface area (Å²) in [4.78, 5) is 21.9. The Morgan fingerprint density at radius 3 is 2.82 bits per heavy atom. The summed E-state index contributed by atoms with van der Waals surface area (Å²) in [5.41, 5.74) is 2.14. The normalized spacial score (nSPS) is 10.2. The van der Waals surface area contributed by atoms with Gasteiger partial charge in [0.15, 0.2) is 0 Å². The first kappa shape index (κ1) is 12.8. The van der Waals surface area contributed by atoms with E-state index in [0.717, 1.165) is 6.21 Å². The molecule has 1 aromatic rings. The van der Waals surface area contributed by atoms with E-state index in [0.29, 0.717) is 0 Å². The number of benzene rings is 1. The van der Waals surface area contributed by atoms with E-state index in [1.54, 1.807) is 13.0 Å². The molecule has 17 heavy (non-hydrogen) atoms. The fourth-order valence-electron chi connectivity index (χ4n) is 0.983. The second kappa shape index (κ2) is 6.37. The SMILES string of the molecule is CCOC(=O)C(=O)NN=Cc1ccccc1F. The van der Waals surface area contributed by atoms with Crippen LogP contribution < -0.4 is 5.43 Å². The molecule has 0 saturated heterocycles. The molecule has 5 nitrogen and oxygen atoms in total. The van der Waals surface area contributed by atoms with Crippen LogP contribution in [0, 0.1) is 5.82 Å². The molecule has 0 atom stereocenters. The van der Waals surface area contributed by atoms with Crippen LogP contribution in [0.25, 0.3) is 0 Å². The van der Waals surface area contributed by atoms with Gasteiger partial charge in [-0.2, -0.15) is 5.10 Å². The van der Waals surface area contributed by atoms with Crippen molar-refractivity contribution in [1.29, 1.82) is 0 Å². The predicted octanol–water partition coefficient (Wildman–Crippen LogP) is 0.839. The van der Waals surface area contributed by atoms with E-state index in [2.05, 4.69) is 9.84 Å². The summed E-state index contributed by atoms with van der Waals surface area (Å²) in [7, 11) is 0. The number of rotatable bonds is 3. The van der Waals surface area contributed by atoms with Gasteiger partial charge in [-0.1, -0.05) is 18.2 Å². The highest BCUT2D eigenvalue weighted by Gasteiger charge is 2.12. The third-order valence-corrected chi connectivity index (χ3v) is 1.74. The van der Waals surface area contributed by atoms with E-state index in [9.17, 15) is 14.0 Å². The van der Waals surface area contributed by atoms with E-state index < -0.39 is 17.7 Å². The Kier molecular flexibility index (Phi) is 4.80. The minimum absolute atomic E-state index is 0.100. The van der Waals surface area contributed by atoms with Crippen LogP contribution in [0.1, 0.15) is 12.5 Å². The monoisotopic (exact) mass is 238 g/mol. The molecule has 1 N–H and O–H groups in total. The van der Waals surface area contributed by atoms with Crippen LogP contribution in [-0.4, -0.2) is 24.7 Å². The van der Waals surface area contributed by atoms with E-state index >= 15 is 0 Å². The zero-order valence-electron chi connectivity index (χ0n) is 9.14. The molecule has 1 amide bonds. The van der Waals surface area contributed by atoms with Gasteiger partial charge < -0.3 is 4.74 Å². The van der Waals surface area contributed by atoms with Crippen molar-refractivity contribution >= 4 is 18.1 Å². The van der Waals surface area contributed by atoms with Crippen molar-refractivity contribution < 1.29 is 18.7 Å². The number of carbonyl (C=O) groups excluding carboxylic acids is 2. The molecule has 0 aliphatic heterocycles. The molecule has 0 aliphatic rings. The minimum Gasteiger partial charge on any atom is -0.459 e. The molecule has 0 saturated carbocycles. The fraction of sp³-hybridized carbons (Fsp3) is 0.182. The molecule has 1 rings (SSSR count). The van der Waals surface area contributed by atoms with Crippen molar-refractivity contribution in [2.24, 2.45) is 5.10 Å². The molecule has 6 heteroatoms. The van der Waals surface area contributed by atoms with Crippen molar-refractivity contribution in [2.45, 2.75) is 6.92 Å². The number of nitrogens with zero attached hydrogens (tertiary/aromatic N) is 1. The van der Waals surface area contributed by atoms with Crippen LogP contribution in [-0.2, 0) is 14.3 Å². The molecule has 0 radical (unpaired) electrons. The van der Waals surface area contributed by atoms with Gasteiger partial charge in [-0.15, -0.1) is 0 Å². The van der Waals surface area contributed by atoms with Crippen LogP contribution in [0.3, 0.4) is 0 Å². The fourth-order valence-corrected chi connectivity index (χ4v) is 0.983. The molecule has 0 unspecified atom stereocenters. The van der Waals surface area contributed by atoms with Gasteiger partial charge in [0.2, 0.25) is 0 Å². The van der Waals surface area contributed by atoms with E-state index in [-0.39, 0.29) is 12.2 Å². The average Bonchev–Trinajstić information content (AvgIpc) is 2.31. The largest absolute Gasteiger partial charge is 0.459 e. The van der Waals surface area contributed by atoms with Gasteiger partial charge in [0, 0.05) is 5.56 Å². The number of carbonyl (C=O) groups is 2. The molecule has 0 aliphatic carbocycles. The van der Waals surface area contributed by atoms with Crippen LogP contribution in [0.2, 0.25) is 0 Å². The van der Waals surface area contributed by atoms with Gasteiger partial charge in [-0.05, 0) is 13.0 Å². The lowest BCUT2D eigenvalue weighted by Crippen LogP contribution is -2.28. The molecule has 1 aromatic carbocycles. The van der Waals surface area contributed by atoms with Gasteiger partial charge in [-0.3, -0.25) is 4.79 Å². The second-order valence-electron chi connectivity index (χ2n) is 2.94. The lowest BCUT2D eigenvalue weighted by Gasteiger charge is -1.99. The smallest absolute Gasteiger partial charge is 0.398 e. The van der Waals surface area contributed by atoms with E-state index in [1.165, 1.54) is 18.2 Å². The summed E-state index contributed by atoms with van der Waals surface area (Å²) in [6.45, 7) is 1.68. The Hall–Kier alpha value is -2.24. The third-order valence-electron chi connectivity index (χ3n) is 1.74. The predicted molar refractivity (Wildman–Crippen MR) is 58.8 cm³/mol. The Morgan fingerprint density at radius 1 is 1.47 bits per heavy atom. The lowest BCUT2D eigenvalue weighted by atomic mass is 10.2. The second-order valence-corrected chi connectivity index (χ2v) is 2.94. The van der Waals surface area contributed by atoms with Gasteiger partial charge >= 0.3 is 11.9 Å². The van der Waals surface area contributed by atoms with Gasteiger partial charge in [-0.25, -0.2) is 14.6 Å². The summed E-state index contributed by atoms with van der Waals surface area (Å²) < 4.78 is 17.5. The number of esters is 1. The zero-order chi connectivity index (χ0) is 12.7. The summed E-state index contributed by atoms with van der Waals surface area (Å²) >= 11 is 0. The van der Waals surface area contributed by atoms with Gasteiger partial charge in [0.25, 0.3) is 0 Å². The Morgan fingerprint density at radius 2 is 2.18 bits per heavy atom. The average molecular weight is 238 g/mol. The summed E-state index contributed by atoms with van der Waals surface area (Å²) in [6, 6.07) is 5.89. The van der Waals surface area contributed by atoms with Crippen molar-refractivity contribution in [3.05, 3.63) is 35.6 Å². The molecule has 0 spiro atoms. The Bertz CT molecular complexity index is 446. The lowest BCUT2D eigenvalue weighted by molar-refractivity contribution is -0.154. The maximum Gasteiger partial charge on any atom is 0.398 e. The number of amides is 1. The topological polar surface area (TPSA) is 67.8 Å². The number of ether oxygens (including phenoxy) is 1. The number of hydrogen-bond acceptors (Lipinski definition) is 4. The highest BCUT2D eigenvalue weighted by Crippen LogP contribution is 2.02. The molecule has 0 bridgehead atoms. The maximum absolute atomic E-state index is 13.1. The van der Waals surface area contributed by atoms with E-state index in [1.807, 2.05) is 5.43 Å². The highest BCUT2D eigenvalue weighted by atomic mass is 19.1. The first-order chi connectivity index (χ1) is 8.15. The summed E-state index contributed by atoms with van der Waals surface area (Å²) in [5.74, 6) is -2.50. The minimum atomic E-state index is -1.03.